The molecule has 0 bridgehead atoms. The van der Waals surface area contributed by atoms with Crippen molar-refractivity contribution in [1.82, 2.24) is 9.97 Å². The second kappa shape index (κ2) is 9.14. The number of nitrogens with one attached hydrogen (secondary N) is 2. The van der Waals surface area contributed by atoms with Crippen LogP contribution in [0.5, 0.6) is 0 Å². The van der Waals surface area contributed by atoms with E-state index in [2.05, 4.69) is 38.1 Å². The summed E-state index contributed by atoms with van der Waals surface area (Å²) < 4.78 is 0.898. The average molecular weight is 414 g/mol. The van der Waals surface area contributed by atoms with E-state index in [-0.39, 0.29) is 17.2 Å². The Balaban J connectivity index is 1.93. The highest BCUT2D eigenvalue weighted by Crippen LogP contribution is 2.17. The van der Waals surface area contributed by atoms with Crippen LogP contribution in [0.15, 0.2) is 44.8 Å². The van der Waals surface area contributed by atoms with Crippen LogP contribution >= 0.6 is 39.5 Å². The van der Waals surface area contributed by atoms with Crippen LogP contribution in [0, 0.1) is 0 Å². The summed E-state index contributed by atoms with van der Waals surface area (Å²) in [6.45, 7) is 2.06. The maximum Gasteiger partial charge on any atom is 0.251 e. The lowest BCUT2D eigenvalue weighted by atomic mass is 10.3. The smallest absolute Gasteiger partial charge is 0.251 e. The van der Waals surface area contributed by atoms with Gasteiger partial charge < -0.3 is 10.3 Å². The molecular weight excluding hydrogens is 398 g/mol. The van der Waals surface area contributed by atoms with Crippen molar-refractivity contribution in [3.63, 3.8) is 0 Å². The fraction of sp³-hybridized carbons (Fsp3) is 0.267. The van der Waals surface area contributed by atoms with Crippen molar-refractivity contribution in [2.45, 2.75) is 17.8 Å². The third-order valence-electron chi connectivity index (χ3n) is 2.68. The number of carbonyl (C=O) groups excluding carboxylic acids is 1. The summed E-state index contributed by atoms with van der Waals surface area (Å²) in [5.74, 6) is 1.69. The van der Waals surface area contributed by atoms with Crippen LogP contribution < -0.4 is 10.9 Å². The Kier molecular flexibility index (Phi) is 7.19. The standard InChI is InChI=1S/C15H16BrN3O2S2/c1-2-22-8-12-7-13(20)19-15(18-12)23-9-14(21)17-11-5-3-4-10(16)6-11/h3-7H,2,8-9H2,1H3,(H,17,21)(H,18,19,20). The Morgan fingerprint density at radius 2 is 2.22 bits per heavy atom. The highest BCUT2D eigenvalue weighted by Gasteiger charge is 2.07. The monoisotopic (exact) mass is 413 g/mol. The molecule has 0 unspecified atom stereocenters. The van der Waals surface area contributed by atoms with E-state index in [4.69, 9.17) is 0 Å². The molecule has 0 saturated carbocycles. The van der Waals surface area contributed by atoms with Crippen LogP contribution in [0.3, 0.4) is 0 Å². The zero-order valence-corrected chi connectivity index (χ0v) is 15.7. The van der Waals surface area contributed by atoms with Gasteiger partial charge in [-0.15, -0.1) is 0 Å². The highest BCUT2D eigenvalue weighted by atomic mass is 79.9. The predicted molar refractivity (Wildman–Crippen MR) is 100 cm³/mol. The first kappa shape index (κ1) is 18.1. The number of nitrogens with zero attached hydrogens (tertiary/aromatic N) is 1. The lowest BCUT2D eigenvalue weighted by molar-refractivity contribution is -0.113. The summed E-state index contributed by atoms with van der Waals surface area (Å²) in [6.07, 6.45) is 0. The van der Waals surface area contributed by atoms with Crippen molar-refractivity contribution in [3.05, 3.63) is 50.9 Å². The molecule has 5 nitrogen and oxygen atoms in total. The SMILES string of the molecule is CCSCc1cc(=O)[nH]c(SCC(=O)Nc2cccc(Br)c2)n1. The first-order valence-electron chi connectivity index (χ1n) is 6.93. The van der Waals surface area contributed by atoms with Gasteiger partial charge in [0, 0.05) is 22.0 Å². The molecule has 1 amide bonds. The van der Waals surface area contributed by atoms with E-state index in [0.29, 0.717) is 10.9 Å². The molecule has 8 heteroatoms. The molecule has 0 spiro atoms. The maximum absolute atomic E-state index is 12.0. The van der Waals surface area contributed by atoms with E-state index < -0.39 is 0 Å². The van der Waals surface area contributed by atoms with E-state index in [1.165, 1.54) is 17.8 Å². The van der Waals surface area contributed by atoms with Crippen molar-refractivity contribution < 1.29 is 4.79 Å². The fourth-order valence-electron chi connectivity index (χ4n) is 1.73. The van der Waals surface area contributed by atoms with Gasteiger partial charge in [0.05, 0.1) is 11.4 Å². The predicted octanol–water partition coefficient (Wildman–Crippen LogP) is 3.52. The van der Waals surface area contributed by atoms with Crippen LogP contribution in [0.2, 0.25) is 0 Å². The average Bonchev–Trinajstić information content (AvgIpc) is 2.50. The van der Waals surface area contributed by atoms with E-state index in [1.54, 1.807) is 11.8 Å². The van der Waals surface area contributed by atoms with Gasteiger partial charge >= 0.3 is 0 Å². The number of H-pyrrole nitrogens is 1. The third-order valence-corrected chi connectivity index (χ3v) is 4.95. The van der Waals surface area contributed by atoms with Crippen molar-refractivity contribution in [1.29, 1.82) is 0 Å². The molecule has 0 aliphatic carbocycles. The van der Waals surface area contributed by atoms with Crippen molar-refractivity contribution in [3.8, 4) is 0 Å². The van der Waals surface area contributed by atoms with Gasteiger partial charge in [-0.05, 0) is 24.0 Å². The summed E-state index contributed by atoms with van der Waals surface area (Å²) in [6, 6.07) is 8.87. The van der Waals surface area contributed by atoms with Crippen LogP contribution in [0.25, 0.3) is 0 Å². The van der Waals surface area contributed by atoms with E-state index in [9.17, 15) is 9.59 Å². The number of carbonyl (C=O) groups is 1. The molecule has 1 aromatic carbocycles. The fourth-order valence-corrected chi connectivity index (χ4v) is 3.38. The number of halogens is 1. The largest absolute Gasteiger partial charge is 0.325 e. The molecule has 1 aromatic heterocycles. The quantitative estimate of drug-likeness (QED) is 0.536. The summed E-state index contributed by atoms with van der Waals surface area (Å²) in [5, 5.41) is 3.27. The van der Waals surface area contributed by atoms with E-state index >= 15 is 0 Å². The van der Waals surface area contributed by atoms with Crippen LogP contribution in [0.1, 0.15) is 12.6 Å². The van der Waals surface area contributed by atoms with Crippen molar-refractivity contribution in [2.24, 2.45) is 0 Å². The third kappa shape index (κ3) is 6.40. The van der Waals surface area contributed by atoms with Crippen LogP contribution in [0.4, 0.5) is 5.69 Å². The second-order valence-electron chi connectivity index (χ2n) is 4.53. The molecule has 0 aliphatic heterocycles. The summed E-state index contributed by atoms with van der Waals surface area (Å²) in [4.78, 5) is 30.6. The summed E-state index contributed by atoms with van der Waals surface area (Å²) >= 11 is 6.27. The van der Waals surface area contributed by atoms with Gasteiger partial charge in [0.2, 0.25) is 5.91 Å². The molecule has 0 aliphatic rings. The molecule has 0 fully saturated rings. The van der Waals surface area contributed by atoms with Crippen LogP contribution in [-0.2, 0) is 10.5 Å². The number of aromatic amines is 1. The van der Waals surface area contributed by atoms with Gasteiger partial charge in [-0.25, -0.2) is 4.98 Å². The number of rotatable bonds is 7. The topological polar surface area (TPSA) is 74.8 Å². The van der Waals surface area contributed by atoms with Gasteiger partial charge in [0.15, 0.2) is 5.16 Å². The first-order chi connectivity index (χ1) is 11.1. The van der Waals surface area contributed by atoms with Gasteiger partial charge in [0.1, 0.15) is 0 Å². The lowest BCUT2D eigenvalue weighted by Gasteiger charge is -2.06. The van der Waals surface area contributed by atoms with Gasteiger partial charge in [0.25, 0.3) is 5.56 Å². The van der Waals surface area contributed by atoms with Crippen molar-refractivity contribution in [2.75, 3.05) is 16.8 Å². The molecule has 0 saturated heterocycles. The Hall–Kier alpha value is -1.25. The molecular formula is C15H16BrN3O2S2. The van der Waals surface area contributed by atoms with Gasteiger partial charge in [-0.3, -0.25) is 9.59 Å². The first-order valence-corrected chi connectivity index (χ1v) is 9.86. The normalized spacial score (nSPS) is 10.5. The van der Waals surface area contributed by atoms with Crippen molar-refractivity contribution >= 4 is 51.0 Å². The second-order valence-corrected chi connectivity index (χ2v) is 7.68. The maximum atomic E-state index is 12.0. The molecule has 2 N–H and O–H groups in total. The zero-order valence-electron chi connectivity index (χ0n) is 12.5. The van der Waals surface area contributed by atoms with E-state index in [0.717, 1.165) is 21.6 Å². The number of amides is 1. The number of aromatic nitrogens is 2. The molecule has 2 aromatic rings. The molecule has 122 valence electrons. The minimum atomic E-state index is -0.193. The highest BCUT2D eigenvalue weighted by molar-refractivity contribution is 9.10. The zero-order chi connectivity index (χ0) is 16.7. The number of thioether (sulfide) groups is 2. The molecule has 0 radical (unpaired) electrons. The Labute approximate surface area is 151 Å². The molecule has 1 heterocycles. The number of benzene rings is 1. The number of hydrogen-bond acceptors (Lipinski definition) is 5. The Morgan fingerprint density at radius 1 is 1.39 bits per heavy atom. The number of hydrogen-bond donors (Lipinski definition) is 2. The minimum absolute atomic E-state index is 0.149. The van der Waals surface area contributed by atoms with E-state index in [1.807, 2.05) is 24.3 Å². The minimum Gasteiger partial charge on any atom is -0.325 e. The summed E-state index contributed by atoms with van der Waals surface area (Å²) in [7, 11) is 0. The Bertz CT molecular complexity index is 737. The molecule has 23 heavy (non-hydrogen) atoms. The van der Waals surface area contributed by atoms with Crippen LogP contribution in [-0.4, -0.2) is 27.4 Å². The molecule has 2 rings (SSSR count). The molecule has 0 atom stereocenters. The summed E-state index contributed by atoms with van der Waals surface area (Å²) in [5.41, 5.74) is 1.26. The number of anilines is 1. The lowest BCUT2D eigenvalue weighted by Crippen LogP contribution is -2.15. The Morgan fingerprint density at radius 3 is 2.96 bits per heavy atom. The van der Waals surface area contributed by atoms with Gasteiger partial charge in [-0.1, -0.05) is 40.7 Å². The van der Waals surface area contributed by atoms with Gasteiger partial charge in [-0.2, -0.15) is 11.8 Å².